The highest BCUT2D eigenvalue weighted by atomic mass is 16.6. The Balaban J connectivity index is 0.000000230. The van der Waals surface area contributed by atoms with Gasteiger partial charge in [0.05, 0.1) is 21.0 Å². The first-order valence-electron chi connectivity index (χ1n) is 13.8. The van der Waals surface area contributed by atoms with Gasteiger partial charge in [0.2, 0.25) is 0 Å². The molecule has 0 radical (unpaired) electrons. The Morgan fingerprint density at radius 2 is 1.02 bits per heavy atom. The number of hydrogen-bond donors (Lipinski definition) is 0. The number of esters is 2. The summed E-state index contributed by atoms with van der Waals surface area (Å²) < 4.78 is 10.9. The van der Waals surface area contributed by atoms with E-state index in [1.807, 2.05) is 12.2 Å². The Kier molecular flexibility index (Phi) is 11.9. The second-order valence-corrected chi connectivity index (χ2v) is 9.88. The number of carbonyl (C=O) groups excluding carboxylic acids is 2. The van der Waals surface area contributed by atoms with Crippen LogP contribution in [0.1, 0.15) is 72.1 Å². The molecule has 0 amide bonds. The zero-order chi connectivity index (χ0) is 30.5. The Hall–Kier alpha value is -4.86. The monoisotopic (exact) mass is 574 g/mol. The van der Waals surface area contributed by atoms with E-state index in [4.69, 9.17) is 9.47 Å². The van der Waals surface area contributed by atoms with Gasteiger partial charge in [-0.05, 0) is 98.9 Å². The van der Waals surface area contributed by atoms with Gasteiger partial charge in [-0.2, -0.15) is 0 Å². The Morgan fingerprint density at radius 1 is 0.667 bits per heavy atom. The molecule has 0 unspecified atom stereocenters. The molecule has 10 nitrogen and oxygen atoms in total. The highest BCUT2D eigenvalue weighted by Gasteiger charge is 2.19. The van der Waals surface area contributed by atoms with E-state index >= 15 is 0 Å². The van der Waals surface area contributed by atoms with Gasteiger partial charge in [0.25, 0.3) is 11.4 Å². The molecule has 2 aliphatic carbocycles. The van der Waals surface area contributed by atoms with Crippen LogP contribution < -0.4 is 0 Å². The van der Waals surface area contributed by atoms with Crippen LogP contribution in [0, 0.1) is 20.2 Å². The van der Waals surface area contributed by atoms with Crippen LogP contribution in [-0.4, -0.2) is 34.0 Å². The number of non-ortho nitro benzene ring substituents is 2. The van der Waals surface area contributed by atoms with Crippen molar-refractivity contribution in [3.05, 3.63) is 128 Å². The van der Waals surface area contributed by atoms with Gasteiger partial charge in [0.1, 0.15) is 12.2 Å². The molecule has 2 aliphatic rings. The number of ether oxygens (including phenoxy) is 2. The molecule has 42 heavy (non-hydrogen) atoms. The molecule has 0 aromatic heterocycles. The molecule has 0 bridgehead atoms. The minimum absolute atomic E-state index is 0.0464. The van der Waals surface area contributed by atoms with Crippen molar-refractivity contribution in [3.63, 3.8) is 0 Å². The predicted molar refractivity (Wildman–Crippen MR) is 158 cm³/mol. The first kappa shape index (κ1) is 31.7. The summed E-state index contributed by atoms with van der Waals surface area (Å²) in [6, 6.07) is 10.8. The van der Waals surface area contributed by atoms with Gasteiger partial charge in [0, 0.05) is 24.3 Å². The molecule has 10 heteroatoms. The van der Waals surface area contributed by atoms with E-state index in [1.54, 1.807) is 12.2 Å². The minimum atomic E-state index is -0.500. The summed E-state index contributed by atoms with van der Waals surface area (Å²) in [6.45, 7) is 7.50. The number of hydrogen-bond acceptors (Lipinski definition) is 8. The number of nitro groups is 2. The summed E-state index contributed by atoms with van der Waals surface area (Å²) in [5, 5.41) is 21.2. The van der Waals surface area contributed by atoms with Crippen molar-refractivity contribution in [2.24, 2.45) is 0 Å². The van der Waals surface area contributed by atoms with E-state index in [9.17, 15) is 29.8 Å². The van der Waals surface area contributed by atoms with Crippen molar-refractivity contribution in [2.75, 3.05) is 0 Å². The van der Waals surface area contributed by atoms with E-state index in [0.29, 0.717) is 11.1 Å². The second-order valence-electron chi connectivity index (χ2n) is 9.88. The summed E-state index contributed by atoms with van der Waals surface area (Å²) >= 11 is 0. The molecule has 0 heterocycles. The van der Waals surface area contributed by atoms with E-state index in [0.717, 1.165) is 62.5 Å². The third-order valence-electron chi connectivity index (χ3n) is 6.88. The van der Waals surface area contributed by atoms with Crippen LogP contribution >= 0.6 is 0 Å². The normalized spacial score (nSPS) is 18.3. The van der Waals surface area contributed by atoms with Gasteiger partial charge in [-0.25, -0.2) is 9.59 Å². The molecule has 0 N–H and O–H groups in total. The molecule has 2 aromatic carbocycles. The maximum absolute atomic E-state index is 12.1. The molecule has 2 atom stereocenters. The Morgan fingerprint density at radius 3 is 1.33 bits per heavy atom. The predicted octanol–water partition coefficient (Wildman–Crippen LogP) is 7.61. The van der Waals surface area contributed by atoms with Crippen LogP contribution in [0.25, 0.3) is 0 Å². The third kappa shape index (κ3) is 9.65. The quantitative estimate of drug-likeness (QED) is 0.178. The van der Waals surface area contributed by atoms with Crippen molar-refractivity contribution in [3.8, 4) is 0 Å². The fourth-order valence-corrected chi connectivity index (χ4v) is 4.54. The first-order chi connectivity index (χ1) is 20.2. The van der Waals surface area contributed by atoms with E-state index < -0.39 is 21.8 Å². The van der Waals surface area contributed by atoms with Crippen molar-refractivity contribution in [2.45, 2.75) is 63.6 Å². The molecule has 2 aromatic rings. The number of carbonyl (C=O) groups is 2. The lowest BCUT2D eigenvalue weighted by Gasteiger charge is -2.13. The topological polar surface area (TPSA) is 139 Å². The highest BCUT2D eigenvalue weighted by molar-refractivity contribution is 5.90. The molecule has 220 valence electrons. The fraction of sp³-hybridized carbons (Fsp3) is 0.312. The number of nitrogens with zero attached hydrogens (tertiary/aromatic N) is 2. The lowest BCUT2D eigenvalue weighted by molar-refractivity contribution is -0.385. The highest BCUT2D eigenvalue weighted by Crippen LogP contribution is 2.23. The van der Waals surface area contributed by atoms with Gasteiger partial charge in [-0.3, -0.25) is 20.2 Å². The molecule has 4 rings (SSSR count). The average Bonchev–Trinajstić information content (AvgIpc) is 3.37. The molecule has 0 aliphatic heterocycles. The van der Waals surface area contributed by atoms with Gasteiger partial charge in [-0.15, -0.1) is 0 Å². The maximum atomic E-state index is 12.1. The fourth-order valence-electron chi connectivity index (χ4n) is 4.54. The lowest BCUT2D eigenvalue weighted by Crippen LogP contribution is -2.16. The molecular weight excluding hydrogens is 540 g/mol. The van der Waals surface area contributed by atoms with Gasteiger partial charge in [-0.1, -0.05) is 25.3 Å². The lowest BCUT2D eigenvalue weighted by atomic mass is 10.1. The van der Waals surface area contributed by atoms with Gasteiger partial charge >= 0.3 is 11.9 Å². The first-order valence-corrected chi connectivity index (χ1v) is 13.8. The number of benzene rings is 2. The SMILES string of the molecule is C=CC1=C[C@@H](OC(=O)c2ccc([N+](=O)[O-])cc2)CCCC1.C=CC1=C[C@@H](OC(=O)c2ccc([N+](=O)[O-])cc2)CCCC1. The van der Waals surface area contributed by atoms with Crippen LogP contribution in [0.2, 0.25) is 0 Å². The van der Waals surface area contributed by atoms with E-state index in [2.05, 4.69) is 13.2 Å². The largest absolute Gasteiger partial charge is 0.455 e. The summed E-state index contributed by atoms with van der Waals surface area (Å²) in [6.07, 6.45) is 14.5. The summed E-state index contributed by atoms with van der Waals surface area (Å²) in [5.41, 5.74) is 2.73. The zero-order valence-electron chi connectivity index (χ0n) is 23.3. The van der Waals surface area contributed by atoms with Gasteiger partial charge < -0.3 is 9.47 Å². The summed E-state index contributed by atoms with van der Waals surface area (Å²) in [5.74, 6) is -0.923. The van der Waals surface area contributed by atoms with E-state index in [-0.39, 0.29) is 23.6 Å². The summed E-state index contributed by atoms with van der Waals surface area (Å²) in [7, 11) is 0. The van der Waals surface area contributed by atoms with Crippen molar-refractivity contribution in [1.82, 2.24) is 0 Å². The van der Waals surface area contributed by atoms with Crippen LogP contribution in [0.3, 0.4) is 0 Å². The summed E-state index contributed by atoms with van der Waals surface area (Å²) in [4.78, 5) is 44.3. The average molecular weight is 575 g/mol. The molecule has 0 spiro atoms. The smallest absolute Gasteiger partial charge is 0.338 e. The van der Waals surface area contributed by atoms with Crippen LogP contribution in [0.4, 0.5) is 11.4 Å². The number of rotatable bonds is 8. The van der Waals surface area contributed by atoms with Crippen LogP contribution in [0.5, 0.6) is 0 Å². The Labute approximate surface area is 244 Å². The van der Waals surface area contributed by atoms with Crippen LogP contribution in [-0.2, 0) is 9.47 Å². The molecule has 0 saturated carbocycles. The van der Waals surface area contributed by atoms with Gasteiger partial charge in [0.15, 0.2) is 0 Å². The Bertz CT molecular complexity index is 1250. The van der Waals surface area contributed by atoms with Crippen molar-refractivity contribution in [1.29, 1.82) is 0 Å². The maximum Gasteiger partial charge on any atom is 0.338 e. The second kappa shape index (κ2) is 15.8. The zero-order valence-corrected chi connectivity index (χ0v) is 23.3. The number of nitro benzene ring substituents is 2. The molecule has 0 fully saturated rings. The van der Waals surface area contributed by atoms with Crippen molar-refractivity contribution < 1.29 is 28.9 Å². The standard InChI is InChI=1S/2C16H17NO4/c2*1-2-12-5-3-4-6-15(11-12)21-16(18)13-7-9-14(10-8-13)17(19)20/h2*2,7-11,15H,1,3-6H2/t2*15-/m00/s1. The molecule has 0 saturated heterocycles. The molecular formula is C32H34N2O8. The minimum Gasteiger partial charge on any atom is -0.455 e. The van der Waals surface area contributed by atoms with Crippen LogP contribution in [0.15, 0.2) is 97.1 Å². The number of allylic oxidation sites excluding steroid dienone is 4. The van der Waals surface area contributed by atoms with E-state index in [1.165, 1.54) is 48.5 Å². The van der Waals surface area contributed by atoms with Crippen molar-refractivity contribution >= 4 is 23.3 Å². The third-order valence-corrected chi connectivity index (χ3v) is 6.88.